The van der Waals surface area contributed by atoms with Crippen LogP contribution in [0.2, 0.25) is 0 Å². The summed E-state index contributed by atoms with van der Waals surface area (Å²) in [5.74, 6) is -3.19. The van der Waals surface area contributed by atoms with Crippen LogP contribution in [0.4, 0.5) is 19.3 Å². The summed E-state index contributed by atoms with van der Waals surface area (Å²) in [7, 11) is 0. The number of primary amides is 1. The molecule has 0 aromatic heterocycles. The number of thioether (sulfide) groups is 1. The van der Waals surface area contributed by atoms with Crippen LogP contribution in [0.1, 0.15) is 6.92 Å². The van der Waals surface area contributed by atoms with Crippen LogP contribution in [0.15, 0.2) is 29.2 Å². The first-order valence-electron chi connectivity index (χ1n) is 5.31. The molecule has 5 nitrogen and oxygen atoms in total. The van der Waals surface area contributed by atoms with Gasteiger partial charge in [0.1, 0.15) is 6.04 Å². The molecular weight excluding hydrogens is 276 g/mol. The Morgan fingerprint density at radius 2 is 1.95 bits per heavy atom. The Labute approximate surface area is 112 Å². The molecule has 0 spiro atoms. The minimum Gasteiger partial charge on any atom is -0.373 e. The predicted molar refractivity (Wildman–Crippen MR) is 69.1 cm³/mol. The predicted octanol–water partition coefficient (Wildman–Crippen LogP) is 2.00. The fourth-order valence-corrected chi connectivity index (χ4v) is 1.92. The number of amides is 3. The van der Waals surface area contributed by atoms with Crippen LogP contribution in [-0.2, 0) is 4.79 Å². The number of anilines is 1. The van der Waals surface area contributed by atoms with Crippen LogP contribution >= 0.6 is 11.8 Å². The first-order valence-corrected chi connectivity index (χ1v) is 6.18. The fraction of sp³-hybridized carbons (Fsp3) is 0.273. The van der Waals surface area contributed by atoms with Gasteiger partial charge in [0, 0.05) is 10.6 Å². The summed E-state index contributed by atoms with van der Waals surface area (Å²) in [5, 5.41) is 4.65. The molecule has 3 amide bonds. The SMILES string of the molecule is CC(Nc1ccccc1SC(F)F)C(=O)NC(N)=O. The van der Waals surface area contributed by atoms with Gasteiger partial charge in [-0.2, -0.15) is 8.78 Å². The summed E-state index contributed by atoms with van der Waals surface area (Å²) in [6.07, 6.45) is 0. The van der Waals surface area contributed by atoms with E-state index in [9.17, 15) is 18.4 Å². The summed E-state index contributed by atoms with van der Waals surface area (Å²) in [6, 6.07) is 4.60. The number of imide groups is 1. The molecule has 1 unspecified atom stereocenters. The highest BCUT2D eigenvalue weighted by molar-refractivity contribution is 7.99. The molecule has 1 rings (SSSR count). The molecule has 8 heteroatoms. The molecule has 104 valence electrons. The Morgan fingerprint density at radius 1 is 1.32 bits per heavy atom. The number of nitrogens with one attached hydrogen (secondary N) is 2. The van der Waals surface area contributed by atoms with Gasteiger partial charge >= 0.3 is 6.03 Å². The average Bonchev–Trinajstić information content (AvgIpc) is 2.30. The van der Waals surface area contributed by atoms with Gasteiger partial charge < -0.3 is 11.1 Å². The van der Waals surface area contributed by atoms with Crippen LogP contribution in [0.25, 0.3) is 0 Å². The van der Waals surface area contributed by atoms with Crippen molar-refractivity contribution in [3.63, 3.8) is 0 Å². The Morgan fingerprint density at radius 3 is 2.53 bits per heavy atom. The number of benzene rings is 1. The third-order valence-electron chi connectivity index (χ3n) is 2.11. The third kappa shape index (κ3) is 5.12. The normalized spacial score (nSPS) is 12.0. The second kappa shape index (κ2) is 6.93. The number of urea groups is 1. The van der Waals surface area contributed by atoms with E-state index in [2.05, 4.69) is 5.32 Å². The molecule has 4 N–H and O–H groups in total. The van der Waals surface area contributed by atoms with E-state index in [-0.39, 0.29) is 0 Å². The van der Waals surface area contributed by atoms with E-state index in [0.29, 0.717) is 22.3 Å². The summed E-state index contributed by atoms with van der Waals surface area (Å²) in [6.45, 7) is 1.49. The summed E-state index contributed by atoms with van der Waals surface area (Å²) in [5.41, 5.74) is 5.21. The molecule has 0 bridgehead atoms. The minimum absolute atomic E-state index is 0.316. The van der Waals surface area contributed by atoms with E-state index in [4.69, 9.17) is 5.73 Å². The highest BCUT2D eigenvalue weighted by Crippen LogP contribution is 2.31. The highest BCUT2D eigenvalue weighted by Gasteiger charge is 2.16. The summed E-state index contributed by atoms with van der Waals surface area (Å²) < 4.78 is 24.7. The van der Waals surface area contributed by atoms with Gasteiger partial charge in [-0.3, -0.25) is 10.1 Å². The van der Waals surface area contributed by atoms with Crippen molar-refractivity contribution in [2.24, 2.45) is 5.73 Å². The van der Waals surface area contributed by atoms with E-state index >= 15 is 0 Å². The van der Waals surface area contributed by atoms with Crippen molar-refractivity contribution in [3.8, 4) is 0 Å². The minimum atomic E-state index is -2.56. The van der Waals surface area contributed by atoms with Crippen LogP contribution in [0.3, 0.4) is 0 Å². The van der Waals surface area contributed by atoms with Gasteiger partial charge in [0.25, 0.3) is 5.76 Å². The molecule has 0 heterocycles. The van der Waals surface area contributed by atoms with Gasteiger partial charge in [-0.15, -0.1) is 0 Å². The lowest BCUT2D eigenvalue weighted by molar-refractivity contribution is -0.120. The fourth-order valence-electron chi connectivity index (χ4n) is 1.31. The molecule has 1 aromatic carbocycles. The lowest BCUT2D eigenvalue weighted by atomic mass is 10.2. The van der Waals surface area contributed by atoms with Crippen molar-refractivity contribution in [2.45, 2.75) is 23.6 Å². The molecule has 1 atom stereocenters. The molecular formula is C11H13F2N3O2S. The highest BCUT2D eigenvalue weighted by atomic mass is 32.2. The number of para-hydroxylation sites is 1. The second-order valence-corrected chi connectivity index (χ2v) is 4.63. The maximum absolute atomic E-state index is 12.4. The van der Waals surface area contributed by atoms with Crippen molar-refractivity contribution < 1.29 is 18.4 Å². The summed E-state index contributed by atoms with van der Waals surface area (Å²) >= 11 is 0.373. The quantitative estimate of drug-likeness (QED) is 0.724. The third-order valence-corrected chi connectivity index (χ3v) is 2.90. The maximum atomic E-state index is 12.4. The Kier molecular flexibility index (Phi) is 5.56. The van der Waals surface area contributed by atoms with E-state index in [0.717, 1.165) is 0 Å². The van der Waals surface area contributed by atoms with Crippen molar-refractivity contribution in [1.82, 2.24) is 5.32 Å². The maximum Gasteiger partial charge on any atom is 0.318 e. The zero-order valence-corrected chi connectivity index (χ0v) is 10.8. The largest absolute Gasteiger partial charge is 0.373 e. The smallest absolute Gasteiger partial charge is 0.318 e. The summed E-state index contributed by atoms with van der Waals surface area (Å²) in [4.78, 5) is 22.3. The van der Waals surface area contributed by atoms with Crippen LogP contribution < -0.4 is 16.4 Å². The number of hydrogen-bond acceptors (Lipinski definition) is 4. The second-order valence-electron chi connectivity index (χ2n) is 3.59. The van der Waals surface area contributed by atoms with Crippen molar-refractivity contribution in [3.05, 3.63) is 24.3 Å². The van der Waals surface area contributed by atoms with Gasteiger partial charge in [-0.25, -0.2) is 4.79 Å². The number of rotatable bonds is 5. The molecule has 0 aliphatic rings. The number of carbonyl (C=O) groups excluding carboxylic acids is 2. The number of nitrogens with two attached hydrogens (primary N) is 1. The molecule has 1 aromatic rings. The van der Waals surface area contributed by atoms with Gasteiger partial charge in [-0.1, -0.05) is 23.9 Å². The monoisotopic (exact) mass is 289 g/mol. The topological polar surface area (TPSA) is 84.2 Å². The number of halogens is 2. The van der Waals surface area contributed by atoms with Crippen LogP contribution in [0, 0.1) is 0 Å². The van der Waals surface area contributed by atoms with Gasteiger partial charge in [0.2, 0.25) is 5.91 Å². The zero-order chi connectivity index (χ0) is 14.4. The van der Waals surface area contributed by atoms with Gasteiger partial charge in [-0.05, 0) is 19.1 Å². The van der Waals surface area contributed by atoms with Gasteiger partial charge in [0.15, 0.2) is 0 Å². The zero-order valence-electron chi connectivity index (χ0n) is 10.0. The first kappa shape index (κ1) is 15.2. The molecule has 0 saturated carbocycles. The lowest BCUT2D eigenvalue weighted by Gasteiger charge is -2.16. The standard InChI is InChI=1S/C11H13F2N3O2S/c1-6(9(17)16-11(14)18)15-7-4-2-3-5-8(7)19-10(12)13/h2-6,10,15H,1H3,(H3,14,16,17,18). The van der Waals surface area contributed by atoms with E-state index in [1.165, 1.54) is 13.0 Å². The average molecular weight is 289 g/mol. The van der Waals surface area contributed by atoms with Crippen molar-refractivity contribution in [1.29, 1.82) is 0 Å². The Balaban J connectivity index is 2.75. The Hall–Kier alpha value is -1.83. The number of alkyl halides is 2. The van der Waals surface area contributed by atoms with Gasteiger partial charge in [0.05, 0.1) is 0 Å². The molecule has 0 radical (unpaired) electrons. The number of hydrogen-bond donors (Lipinski definition) is 3. The molecule has 0 saturated heterocycles. The molecule has 0 fully saturated rings. The number of carbonyl (C=O) groups is 2. The molecule has 0 aliphatic carbocycles. The van der Waals surface area contributed by atoms with Crippen LogP contribution in [-0.4, -0.2) is 23.7 Å². The van der Waals surface area contributed by atoms with Crippen LogP contribution in [0.5, 0.6) is 0 Å². The Bertz CT molecular complexity index is 471. The van der Waals surface area contributed by atoms with Crippen molar-refractivity contribution >= 4 is 29.4 Å². The molecule has 19 heavy (non-hydrogen) atoms. The lowest BCUT2D eigenvalue weighted by Crippen LogP contribution is -2.43. The van der Waals surface area contributed by atoms with E-state index < -0.39 is 23.7 Å². The molecule has 0 aliphatic heterocycles. The van der Waals surface area contributed by atoms with E-state index in [1.54, 1.807) is 18.2 Å². The first-order chi connectivity index (χ1) is 8.90. The van der Waals surface area contributed by atoms with Crippen molar-refractivity contribution in [2.75, 3.05) is 5.32 Å². The van der Waals surface area contributed by atoms with E-state index in [1.807, 2.05) is 5.32 Å².